The molecule has 4 aliphatic heterocycles. The molecule has 2 saturated carbocycles. The number of piperazine rings is 2. The maximum atomic E-state index is 14.4. The van der Waals surface area contributed by atoms with Gasteiger partial charge in [0.15, 0.2) is 0 Å². The summed E-state index contributed by atoms with van der Waals surface area (Å²) in [6.45, 7) is 20.5. The van der Waals surface area contributed by atoms with Crippen LogP contribution in [0.4, 0.5) is 25.0 Å². The van der Waals surface area contributed by atoms with Crippen molar-refractivity contribution in [1.82, 2.24) is 44.1 Å². The SMILES string of the molecule is CC.CCOC(=O)N1CC2(CCC(N3CCN(c4cc(F)cnc4-c4cn(C)c5ncccc45)CC3)C2)C1.CCOC=O.CN1CC2(CCC(N3CCN(c4cc(F)cnc4-c4ccnc(/C=C\N)c4)CC3)C2)C1. The third kappa shape index (κ3) is 12.1. The Morgan fingerprint density at radius 2 is 1.34 bits per heavy atom. The number of fused-ring (bicyclic) bond motifs is 1. The molecule has 2 N–H and O–H groups in total. The smallest absolute Gasteiger partial charge is 0.409 e. The lowest BCUT2D eigenvalue weighted by Crippen LogP contribution is -2.58. The van der Waals surface area contributed by atoms with Crippen molar-refractivity contribution in [3.63, 3.8) is 0 Å². The molecule has 5 aromatic rings. The topological polar surface area (TPSA) is 155 Å². The van der Waals surface area contributed by atoms with Gasteiger partial charge >= 0.3 is 6.09 Å². The van der Waals surface area contributed by atoms with Crippen LogP contribution in [-0.4, -0.2) is 168 Å². The van der Waals surface area contributed by atoms with Crippen molar-refractivity contribution in [3.05, 3.63) is 90.9 Å². The van der Waals surface area contributed by atoms with Crippen LogP contribution in [-0.2, 0) is 21.3 Å². The summed E-state index contributed by atoms with van der Waals surface area (Å²) in [5.74, 6) is -0.618. The quantitative estimate of drug-likeness (QED) is 0.135. The van der Waals surface area contributed by atoms with Crippen molar-refractivity contribution in [2.75, 3.05) is 109 Å². The van der Waals surface area contributed by atoms with E-state index in [0.717, 1.165) is 122 Å². The second kappa shape index (κ2) is 24.4. The Balaban J connectivity index is 0.000000177. The molecule has 2 unspecified atom stereocenters. The molecule has 0 radical (unpaired) electrons. The molecule has 1 amide bonds. The molecule has 0 bridgehead atoms. The summed E-state index contributed by atoms with van der Waals surface area (Å²) in [7, 11) is 4.20. The van der Waals surface area contributed by atoms with Crippen molar-refractivity contribution in [3.8, 4) is 22.5 Å². The van der Waals surface area contributed by atoms with Crippen molar-refractivity contribution >= 4 is 41.0 Å². The molecule has 74 heavy (non-hydrogen) atoms. The van der Waals surface area contributed by atoms with E-state index < -0.39 is 0 Å². The third-order valence-corrected chi connectivity index (χ3v) is 15.7. The number of aromatic nitrogens is 5. The Hall–Kier alpha value is -6.24. The number of rotatable bonds is 10. The second-order valence-corrected chi connectivity index (χ2v) is 20.5. The predicted molar refractivity (Wildman–Crippen MR) is 287 cm³/mol. The van der Waals surface area contributed by atoms with Gasteiger partial charge < -0.3 is 39.4 Å². The van der Waals surface area contributed by atoms with E-state index in [2.05, 4.69) is 56.2 Å². The number of likely N-dealkylation sites (tertiary alicyclic amines) is 2. The largest absolute Gasteiger partial charge is 0.468 e. The summed E-state index contributed by atoms with van der Waals surface area (Å²) in [4.78, 5) is 53.1. The fourth-order valence-electron chi connectivity index (χ4n) is 12.4. The molecule has 398 valence electrons. The van der Waals surface area contributed by atoms with Crippen LogP contribution in [0.5, 0.6) is 0 Å². The van der Waals surface area contributed by atoms with Gasteiger partial charge in [-0.3, -0.25) is 29.5 Å². The zero-order chi connectivity index (χ0) is 52.4. The molecule has 2 aliphatic carbocycles. The highest BCUT2D eigenvalue weighted by atomic mass is 19.1. The number of carbonyl (C=O) groups excluding carboxylic acids is 2. The van der Waals surface area contributed by atoms with Gasteiger partial charge in [-0.05, 0) is 101 Å². The average molecular weight is 1020 g/mol. The molecule has 2 spiro atoms. The van der Waals surface area contributed by atoms with E-state index in [-0.39, 0.29) is 23.1 Å². The van der Waals surface area contributed by atoms with Crippen LogP contribution < -0.4 is 15.5 Å². The van der Waals surface area contributed by atoms with Gasteiger partial charge in [-0.25, -0.2) is 18.6 Å². The van der Waals surface area contributed by atoms with Crippen LogP contribution >= 0.6 is 0 Å². The first-order valence-electron chi connectivity index (χ1n) is 26.6. The first-order valence-corrected chi connectivity index (χ1v) is 26.6. The number of amides is 1. The maximum absolute atomic E-state index is 14.4. The van der Waals surface area contributed by atoms with Crippen LogP contribution in [0, 0.1) is 22.5 Å². The van der Waals surface area contributed by atoms with Gasteiger partial charge in [-0.1, -0.05) is 13.8 Å². The molecule has 6 aliphatic rings. The molecule has 9 heterocycles. The molecule has 0 aromatic carbocycles. The van der Waals surface area contributed by atoms with Crippen LogP contribution in [0.25, 0.3) is 39.6 Å². The molecular weight excluding hydrogens is 943 g/mol. The Kier molecular flexibility index (Phi) is 17.8. The van der Waals surface area contributed by atoms with Crippen LogP contribution in [0.1, 0.15) is 71.9 Å². The van der Waals surface area contributed by atoms with Crippen molar-refractivity contribution in [2.45, 2.75) is 78.3 Å². The molecule has 11 rings (SSSR count). The molecular formula is C56H76F2N12O4. The zero-order valence-corrected chi connectivity index (χ0v) is 44.3. The monoisotopic (exact) mass is 1020 g/mol. The molecule has 2 atom stereocenters. The first-order chi connectivity index (χ1) is 35.9. The lowest BCUT2D eigenvalue weighted by atomic mass is 9.78. The summed E-state index contributed by atoms with van der Waals surface area (Å²) in [6, 6.07) is 12.3. The van der Waals surface area contributed by atoms with Gasteiger partial charge in [-0.2, -0.15) is 0 Å². The minimum Gasteiger partial charge on any atom is -0.468 e. The fraction of sp³-hybridized carbons (Fsp3) is 0.536. The molecule has 16 nitrogen and oxygen atoms in total. The first kappa shape index (κ1) is 54.0. The van der Waals surface area contributed by atoms with Crippen LogP contribution in [0.15, 0.2) is 73.6 Å². The highest BCUT2D eigenvalue weighted by Crippen LogP contribution is 2.48. The summed E-state index contributed by atoms with van der Waals surface area (Å²) in [5, 5.41) is 1.02. The van der Waals surface area contributed by atoms with Crippen molar-refractivity contribution < 1.29 is 27.8 Å². The maximum Gasteiger partial charge on any atom is 0.409 e. The number of carbonyl (C=O) groups is 2. The normalized spacial score (nSPS) is 21.3. The number of ether oxygens (including phenoxy) is 2. The highest BCUT2D eigenvalue weighted by molar-refractivity contribution is 5.96. The average Bonchev–Trinajstić information content (AvgIpc) is 4.15. The van der Waals surface area contributed by atoms with Crippen molar-refractivity contribution in [1.29, 1.82) is 0 Å². The van der Waals surface area contributed by atoms with Gasteiger partial charge in [0, 0.05) is 150 Å². The van der Waals surface area contributed by atoms with E-state index in [1.54, 1.807) is 37.5 Å². The number of hydrogen-bond acceptors (Lipinski definition) is 14. The molecule has 4 saturated heterocycles. The Morgan fingerprint density at radius 1 is 0.757 bits per heavy atom. The number of pyridine rings is 4. The summed E-state index contributed by atoms with van der Waals surface area (Å²) < 4.78 is 39.8. The minimum absolute atomic E-state index is 0.179. The summed E-state index contributed by atoms with van der Waals surface area (Å²) in [5.41, 5.74) is 13.2. The third-order valence-electron chi connectivity index (χ3n) is 15.7. The minimum atomic E-state index is -0.316. The lowest BCUT2D eigenvalue weighted by molar-refractivity contribution is -0.128. The van der Waals surface area contributed by atoms with E-state index in [1.807, 2.05) is 67.7 Å². The molecule has 5 aromatic heterocycles. The number of aryl methyl sites for hydroxylation is 1. The van der Waals surface area contributed by atoms with E-state index in [4.69, 9.17) is 10.5 Å². The Labute approximate surface area is 435 Å². The van der Waals surface area contributed by atoms with Crippen molar-refractivity contribution in [2.24, 2.45) is 23.6 Å². The Bertz CT molecular complexity index is 2690. The highest BCUT2D eigenvalue weighted by Gasteiger charge is 2.51. The number of nitrogens with zero attached hydrogens (tertiary/aromatic N) is 11. The number of anilines is 2. The van der Waals surface area contributed by atoms with Crippen LogP contribution in [0.2, 0.25) is 0 Å². The number of hydrogen-bond donors (Lipinski definition) is 1. The summed E-state index contributed by atoms with van der Waals surface area (Å²) in [6.07, 6.45) is 18.7. The van der Waals surface area contributed by atoms with E-state index in [0.29, 0.717) is 37.2 Å². The lowest BCUT2D eigenvalue weighted by Gasteiger charge is -2.48. The second-order valence-electron chi connectivity index (χ2n) is 20.5. The van der Waals surface area contributed by atoms with Gasteiger partial charge in [0.2, 0.25) is 0 Å². The van der Waals surface area contributed by atoms with Crippen LogP contribution in [0.3, 0.4) is 0 Å². The van der Waals surface area contributed by atoms with Gasteiger partial charge in [0.1, 0.15) is 17.3 Å². The van der Waals surface area contributed by atoms with E-state index in [1.165, 1.54) is 63.8 Å². The standard InChI is InChI=1S/C27H33FN6O2.C24H31FN6.C3H6O2.C2H6/c1-3-36-26(35)34-17-27(18-34)7-6-20(14-27)32-9-11-33(12-10-32)23-13-19(28)15-30-24(23)22-16-31(2)25-21(22)5-4-8-29-25;1-29-16-24(17-29)5-2-21(14-24)30-8-10-31(11-9-30)22-13-19(25)15-28-23(22)18-4-7-27-20(12-18)3-6-26;1-2-5-3-4;1-2/h4-5,8,13,15-16,20H,3,6-7,9-12,14,17-18H2,1-2H3;3-4,6-7,12-13,15,21H,2,5,8-11,14,16-17,26H2,1H3;3H,2H2,1H3;1-2H3/b;6-3-;;. The molecule has 6 fully saturated rings. The van der Waals surface area contributed by atoms with E-state index in [9.17, 15) is 18.4 Å². The van der Waals surface area contributed by atoms with E-state index >= 15 is 0 Å². The Morgan fingerprint density at radius 3 is 1.88 bits per heavy atom. The van der Waals surface area contributed by atoms with Gasteiger partial charge in [0.05, 0.1) is 54.1 Å². The summed E-state index contributed by atoms with van der Waals surface area (Å²) >= 11 is 0. The van der Waals surface area contributed by atoms with Gasteiger partial charge in [0.25, 0.3) is 6.47 Å². The predicted octanol–water partition coefficient (Wildman–Crippen LogP) is 7.93. The number of nitrogens with two attached hydrogens (primary N) is 1. The fourth-order valence-corrected chi connectivity index (χ4v) is 12.4. The van der Waals surface area contributed by atoms with Gasteiger partial charge in [-0.15, -0.1) is 0 Å². The zero-order valence-electron chi connectivity index (χ0n) is 44.3. The number of halogens is 2. The molecule has 18 heteroatoms.